The van der Waals surface area contributed by atoms with Crippen LogP contribution in [-0.2, 0) is 22.1 Å². The molecule has 3 rings (SSSR count). The molecule has 0 radical (unpaired) electrons. The molecule has 2 aromatic heterocycles. The summed E-state index contributed by atoms with van der Waals surface area (Å²) in [6, 6.07) is 2.72. The molecule has 1 aliphatic rings. The Morgan fingerprint density at radius 3 is 2.47 bits per heavy atom. The summed E-state index contributed by atoms with van der Waals surface area (Å²) in [5.41, 5.74) is -2.32. The van der Waals surface area contributed by atoms with Crippen molar-refractivity contribution in [3.05, 3.63) is 42.1 Å². The molecule has 0 bridgehead atoms. The van der Waals surface area contributed by atoms with E-state index >= 15 is 0 Å². The van der Waals surface area contributed by atoms with Gasteiger partial charge in [0.15, 0.2) is 5.78 Å². The quantitative estimate of drug-likeness (QED) is 0.570. The van der Waals surface area contributed by atoms with Crippen LogP contribution in [0, 0.1) is 0 Å². The van der Waals surface area contributed by atoms with Crippen LogP contribution in [0.4, 0.5) is 22.4 Å². The molecular formula is C23H26F4N4O3. The number of Topliss-reactive ketones (excluding diaryl/α,β-unsaturated/α-hetero) is 1. The second kappa shape index (κ2) is 9.27. The van der Waals surface area contributed by atoms with Crippen molar-refractivity contribution in [3.63, 3.8) is 0 Å². The first-order valence-corrected chi connectivity index (χ1v) is 10.7. The van der Waals surface area contributed by atoms with Crippen molar-refractivity contribution in [1.29, 1.82) is 0 Å². The molecule has 1 unspecified atom stereocenters. The van der Waals surface area contributed by atoms with Crippen LogP contribution in [0.1, 0.15) is 51.9 Å². The Bertz CT molecular complexity index is 1050. The van der Waals surface area contributed by atoms with Gasteiger partial charge < -0.3 is 4.74 Å². The molecule has 0 spiro atoms. The third-order valence-corrected chi connectivity index (χ3v) is 5.20. The maximum Gasteiger partial charge on any atom is 0.433 e. The zero-order valence-electron chi connectivity index (χ0n) is 19.3. The Morgan fingerprint density at radius 2 is 1.88 bits per heavy atom. The van der Waals surface area contributed by atoms with Crippen molar-refractivity contribution in [1.82, 2.24) is 19.9 Å². The summed E-state index contributed by atoms with van der Waals surface area (Å²) in [6.07, 6.45) is -2.93. The topological polar surface area (TPSA) is 85.3 Å². The normalized spacial score (nSPS) is 20.9. The van der Waals surface area contributed by atoms with E-state index in [1.807, 2.05) is 0 Å². The zero-order chi connectivity index (χ0) is 25.3. The van der Waals surface area contributed by atoms with Crippen LogP contribution in [0.15, 0.2) is 30.7 Å². The molecule has 0 N–H and O–H groups in total. The van der Waals surface area contributed by atoms with Crippen LogP contribution in [-0.4, -0.2) is 55.6 Å². The summed E-state index contributed by atoms with van der Waals surface area (Å²) in [6.45, 7) is 6.16. The Labute approximate surface area is 194 Å². The number of aryl methyl sites for hydroxylation is 1. The molecule has 1 saturated heterocycles. The smallest absolute Gasteiger partial charge is 0.433 e. The molecular weight excluding hydrogens is 456 g/mol. The van der Waals surface area contributed by atoms with Gasteiger partial charge in [-0.05, 0) is 52.3 Å². The lowest BCUT2D eigenvalue weighted by atomic mass is 9.99. The summed E-state index contributed by atoms with van der Waals surface area (Å²) in [4.78, 5) is 38.1. The van der Waals surface area contributed by atoms with E-state index in [0.29, 0.717) is 17.0 Å². The van der Waals surface area contributed by atoms with Crippen LogP contribution in [0.3, 0.4) is 0 Å². The lowest BCUT2D eigenvalue weighted by Crippen LogP contribution is -2.43. The number of pyridine rings is 1. The molecule has 184 valence electrons. The fourth-order valence-electron chi connectivity index (χ4n) is 3.67. The Hall–Kier alpha value is -3.11. The predicted octanol–water partition coefficient (Wildman–Crippen LogP) is 4.80. The fraction of sp³-hybridized carbons (Fsp3) is 0.522. The van der Waals surface area contributed by atoms with Crippen LogP contribution in [0.5, 0.6) is 0 Å². The highest BCUT2D eigenvalue weighted by Gasteiger charge is 2.47. The summed E-state index contributed by atoms with van der Waals surface area (Å²) >= 11 is 0. The number of hydrogen-bond donors (Lipinski definition) is 0. The maximum atomic E-state index is 14.7. The Morgan fingerprint density at radius 1 is 1.18 bits per heavy atom. The maximum absolute atomic E-state index is 14.7. The van der Waals surface area contributed by atoms with Gasteiger partial charge in [0.1, 0.15) is 23.3 Å². The second-order valence-electron chi connectivity index (χ2n) is 9.53. The van der Waals surface area contributed by atoms with E-state index in [1.165, 1.54) is 19.3 Å². The number of likely N-dealkylation sites (tertiary alicyclic amines) is 1. The number of alkyl halides is 4. The zero-order valence-corrected chi connectivity index (χ0v) is 19.3. The van der Waals surface area contributed by atoms with Gasteiger partial charge in [-0.3, -0.25) is 14.7 Å². The van der Waals surface area contributed by atoms with Gasteiger partial charge in [-0.25, -0.2) is 19.2 Å². The van der Waals surface area contributed by atoms with Crippen molar-refractivity contribution in [2.24, 2.45) is 0 Å². The third-order valence-electron chi connectivity index (χ3n) is 5.20. The molecule has 1 aliphatic heterocycles. The van der Waals surface area contributed by atoms with Gasteiger partial charge in [0.25, 0.3) is 0 Å². The largest absolute Gasteiger partial charge is 0.444 e. The van der Waals surface area contributed by atoms with Crippen molar-refractivity contribution >= 4 is 11.9 Å². The van der Waals surface area contributed by atoms with E-state index in [-0.39, 0.29) is 31.6 Å². The van der Waals surface area contributed by atoms with Gasteiger partial charge in [-0.15, -0.1) is 0 Å². The minimum atomic E-state index is -4.54. The lowest BCUT2D eigenvalue weighted by molar-refractivity contribution is -0.141. The highest BCUT2D eigenvalue weighted by Crippen LogP contribution is 2.33. The Balaban J connectivity index is 1.69. The summed E-state index contributed by atoms with van der Waals surface area (Å²) in [5.74, 6) is -0.330. The third kappa shape index (κ3) is 6.48. The number of rotatable bonds is 5. The first kappa shape index (κ1) is 25.5. The standard InChI is InChI=1S/C23H26F4N4O3/c1-21(2,3)34-20(33)31-12-22(4,24)10-17(31)18(32)7-6-15-9-16(30-13-29-15)14-5-8-19(28-11-14)23(25,26)27/h5,8-9,11,13,17H,6-7,10,12H2,1-4H3/t17-,22?/m0/s1. The van der Waals surface area contributed by atoms with Crippen molar-refractivity contribution in [2.75, 3.05) is 6.54 Å². The molecule has 0 aliphatic carbocycles. The number of nitrogens with zero attached hydrogens (tertiary/aromatic N) is 4. The number of carbonyl (C=O) groups is 2. The lowest BCUT2D eigenvalue weighted by Gasteiger charge is -2.27. The molecule has 1 amide bonds. The van der Waals surface area contributed by atoms with Crippen molar-refractivity contribution in [3.8, 4) is 11.3 Å². The van der Waals surface area contributed by atoms with Gasteiger partial charge in [0.05, 0.1) is 18.3 Å². The first-order valence-electron chi connectivity index (χ1n) is 10.7. The average Bonchev–Trinajstić information content (AvgIpc) is 3.06. The van der Waals surface area contributed by atoms with Gasteiger partial charge >= 0.3 is 12.3 Å². The number of aromatic nitrogens is 3. The SMILES string of the molecule is CC1(F)C[C@@H](C(=O)CCc2cc(-c3ccc(C(F)(F)F)nc3)ncn2)N(C(=O)OC(C)(C)C)C1. The van der Waals surface area contributed by atoms with Crippen molar-refractivity contribution in [2.45, 2.75) is 70.4 Å². The number of ether oxygens (including phenoxy) is 1. The Kier molecular flexibility index (Phi) is 6.95. The molecule has 0 saturated carbocycles. The molecule has 11 heteroatoms. The minimum Gasteiger partial charge on any atom is -0.444 e. The van der Waals surface area contributed by atoms with E-state index < -0.39 is 35.3 Å². The summed E-state index contributed by atoms with van der Waals surface area (Å²) in [5, 5.41) is 0. The highest BCUT2D eigenvalue weighted by atomic mass is 19.4. The van der Waals surface area contributed by atoms with Crippen LogP contribution in [0.2, 0.25) is 0 Å². The number of halogens is 4. The monoisotopic (exact) mass is 482 g/mol. The fourth-order valence-corrected chi connectivity index (χ4v) is 3.67. The van der Waals surface area contributed by atoms with Gasteiger partial charge in [0, 0.05) is 30.3 Å². The predicted molar refractivity (Wildman–Crippen MR) is 114 cm³/mol. The van der Waals surface area contributed by atoms with E-state index in [9.17, 15) is 27.2 Å². The molecule has 3 heterocycles. The number of amides is 1. The number of ketones is 1. The van der Waals surface area contributed by atoms with Crippen molar-refractivity contribution < 1.29 is 31.9 Å². The number of hydrogen-bond acceptors (Lipinski definition) is 6. The molecule has 1 fully saturated rings. The van der Waals surface area contributed by atoms with E-state index in [4.69, 9.17) is 4.74 Å². The molecule has 34 heavy (non-hydrogen) atoms. The van der Waals surface area contributed by atoms with Crippen LogP contribution < -0.4 is 0 Å². The number of carbonyl (C=O) groups excluding carboxylic acids is 2. The van der Waals surface area contributed by atoms with Crippen LogP contribution >= 0.6 is 0 Å². The van der Waals surface area contributed by atoms with E-state index in [1.54, 1.807) is 26.8 Å². The molecule has 7 nitrogen and oxygen atoms in total. The summed E-state index contributed by atoms with van der Waals surface area (Å²) < 4.78 is 58.2. The molecule has 2 atom stereocenters. The van der Waals surface area contributed by atoms with E-state index in [2.05, 4.69) is 15.0 Å². The molecule has 2 aromatic rings. The highest BCUT2D eigenvalue weighted by molar-refractivity contribution is 5.88. The second-order valence-corrected chi connectivity index (χ2v) is 9.53. The minimum absolute atomic E-state index is 0.0121. The van der Waals surface area contributed by atoms with Gasteiger partial charge in [-0.1, -0.05) is 0 Å². The summed E-state index contributed by atoms with van der Waals surface area (Å²) in [7, 11) is 0. The van der Waals surface area contributed by atoms with Crippen LogP contribution in [0.25, 0.3) is 11.3 Å². The average molecular weight is 482 g/mol. The van der Waals surface area contributed by atoms with E-state index in [0.717, 1.165) is 17.2 Å². The van der Waals surface area contributed by atoms with Gasteiger partial charge in [-0.2, -0.15) is 13.2 Å². The van der Waals surface area contributed by atoms with Gasteiger partial charge in [0.2, 0.25) is 0 Å². The first-order chi connectivity index (χ1) is 15.6. The molecule has 0 aromatic carbocycles.